The summed E-state index contributed by atoms with van der Waals surface area (Å²) in [6.07, 6.45) is 3.62. The molecule has 0 radical (unpaired) electrons. The molecule has 5 rings (SSSR count). The number of Topliss-reactive ketones (excluding diaryl/α,β-unsaturated/α-hetero) is 1. The van der Waals surface area contributed by atoms with Gasteiger partial charge in [-0.1, -0.05) is 31.5 Å². The fourth-order valence-corrected chi connectivity index (χ4v) is 5.01. The van der Waals surface area contributed by atoms with Crippen LogP contribution in [0, 0.1) is 0 Å². The lowest BCUT2D eigenvalue weighted by Crippen LogP contribution is -2.30. The predicted molar refractivity (Wildman–Crippen MR) is 132 cm³/mol. The SMILES string of the molecule is CCCCN1C(=O)C(=O)/C(=C(/O)c2ccc3c(c2)N(C)CCO3)C1c1cn(C)c2ccccc12. The Hall–Kier alpha value is -3.74. The average molecular weight is 460 g/mol. The number of unbranched alkanes of at least 4 members (excludes halogenated alkanes) is 1. The molecule has 1 amide bonds. The number of likely N-dealkylation sites (N-methyl/N-ethyl adjacent to an activating group) is 1. The summed E-state index contributed by atoms with van der Waals surface area (Å²) >= 11 is 0. The molecular weight excluding hydrogens is 430 g/mol. The first-order valence-corrected chi connectivity index (χ1v) is 11.7. The second-order valence-corrected chi connectivity index (χ2v) is 9.01. The molecule has 2 aliphatic heterocycles. The number of nitrogens with zero attached hydrogens (tertiary/aromatic N) is 3. The summed E-state index contributed by atoms with van der Waals surface area (Å²) in [5.41, 5.74) is 3.32. The number of aryl methyl sites for hydroxylation is 1. The molecule has 7 nitrogen and oxygen atoms in total. The summed E-state index contributed by atoms with van der Waals surface area (Å²) in [4.78, 5) is 30.2. The number of para-hydroxylation sites is 1. The summed E-state index contributed by atoms with van der Waals surface area (Å²) in [6.45, 7) is 3.83. The highest BCUT2D eigenvalue weighted by Crippen LogP contribution is 2.43. The van der Waals surface area contributed by atoms with E-state index in [1.165, 1.54) is 0 Å². The summed E-state index contributed by atoms with van der Waals surface area (Å²) in [5.74, 6) is -0.628. The minimum absolute atomic E-state index is 0.136. The minimum atomic E-state index is -0.650. The highest BCUT2D eigenvalue weighted by Gasteiger charge is 2.46. The number of carbonyl (C=O) groups excluding carboxylic acids is 2. The zero-order valence-corrected chi connectivity index (χ0v) is 19.7. The molecule has 0 saturated carbocycles. The molecule has 7 heteroatoms. The third-order valence-electron chi connectivity index (χ3n) is 6.84. The zero-order valence-electron chi connectivity index (χ0n) is 19.7. The van der Waals surface area contributed by atoms with Crippen LogP contribution in [-0.4, -0.2) is 53.0 Å². The number of aromatic nitrogens is 1. The van der Waals surface area contributed by atoms with Crippen LogP contribution < -0.4 is 9.64 Å². The number of fused-ring (bicyclic) bond motifs is 2. The molecule has 2 aliphatic rings. The van der Waals surface area contributed by atoms with E-state index >= 15 is 0 Å². The molecule has 1 aromatic heterocycles. The van der Waals surface area contributed by atoms with Gasteiger partial charge in [0.15, 0.2) is 0 Å². The summed E-state index contributed by atoms with van der Waals surface area (Å²) in [6, 6.07) is 12.6. The Morgan fingerprint density at radius 1 is 1.15 bits per heavy atom. The van der Waals surface area contributed by atoms with Crippen molar-refractivity contribution in [3.63, 3.8) is 0 Å². The molecule has 176 valence electrons. The quantitative estimate of drug-likeness (QED) is 0.351. The first kappa shape index (κ1) is 22.1. The van der Waals surface area contributed by atoms with Gasteiger partial charge in [-0.15, -0.1) is 0 Å². The third-order valence-corrected chi connectivity index (χ3v) is 6.84. The summed E-state index contributed by atoms with van der Waals surface area (Å²) in [5, 5.41) is 12.4. The average Bonchev–Trinajstić information content (AvgIpc) is 3.31. The van der Waals surface area contributed by atoms with E-state index in [0.29, 0.717) is 18.7 Å². The van der Waals surface area contributed by atoms with Crippen molar-refractivity contribution in [2.45, 2.75) is 25.8 Å². The van der Waals surface area contributed by atoms with Crippen molar-refractivity contribution in [1.82, 2.24) is 9.47 Å². The van der Waals surface area contributed by atoms with Crippen LogP contribution in [0.5, 0.6) is 5.75 Å². The maximum Gasteiger partial charge on any atom is 0.295 e. The normalized spacial score (nSPS) is 19.6. The van der Waals surface area contributed by atoms with Crippen LogP contribution in [-0.2, 0) is 16.6 Å². The second-order valence-electron chi connectivity index (χ2n) is 9.01. The fourth-order valence-electron chi connectivity index (χ4n) is 5.01. The van der Waals surface area contributed by atoms with Crippen molar-refractivity contribution in [2.75, 3.05) is 31.6 Å². The number of rotatable bonds is 5. The van der Waals surface area contributed by atoms with Gasteiger partial charge in [0.2, 0.25) is 0 Å². The van der Waals surface area contributed by atoms with E-state index in [-0.39, 0.29) is 11.3 Å². The lowest BCUT2D eigenvalue weighted by Gasteiger charge is -2.28. The number of hydrogen-bond donors (Lipinski definition) is 1. The van der Waals surface area contributed by atoms with Crippen LogP contribution in [0.2, 0.25) is 0 Å². The van der Waals surface area contributed by atoms with Gasteiger partial charge < -0.3 is 24.2 Å². The Morgan fingerprint density at radius 2 is 1.94 bits per heavy atom. The summed E-state index contributed by atoms with van der Waals surface area (Å²) in [7, 11) is 3.91. The van der Waals surface area contributed by atoms with Gasteiger partial charge in [0.1, 0.15) is 18.1 Å². The molecule has 1 saturated heterocycles. The molecule has 0 aliphatic carbocycles. The van der Waals surface area contributed by atoms with Crippen LogP contribution in [0.15, 0.2) is 54.2 Å². The van der Waals surface area contributed by atoms with E-state index in [2.05, 4.69) is 11.8 Å². The van der Waals surface area contributed by atoms with Crippen LogP contribution in [0.3, 0.4) is 0 Å². The molecule has 1 fully saturated rings. The van der Waals surface area contributed by atoms with E-state index in [4.69, 9.17) is 4.74 Å². The Labute approximate surface area is 198 Å². The third kappa shape index (κ3) is 3.43. The maximum absolute atomic E-state index is 13.3. The van der Waals surface area contributed by atoms with Crippen molar-refractivity contribution < 1.29 is 19.4 Å². The van der Waals surface area contributed by atoms with Crippen molar-refractivity contribution in [3.8, 4) is 5.75 Å². The molecule has 1 atom stereocenters. The molecule has 0 spiro atoms. The van der Waals surface area contributed by atoms with Gasteiger partial charge >= 0.3 is 0 Å². The van der Waals surface area contributed by atoms with Gasteiger partial charge in [-0.25, -0.2) is 0 Å². The van der Waals surface area contributed by atoms with E-state index in [1.807, 2.05) is 55.2 Å². The highest BCUT2D eigenvalue weighted by molar-refractivity contribution is 6.46. The number of ether oxygens (including phenoxy) is 1. The molecule has 3 aromatic rings. The van der Waals surface area contributed by atoms with Gasteiger partial charge in [0, 0.05) is 48.9 Å². The first-order valence-electron chi connectivity index (χ1n) is 11.7. The number of ketones is 1. The number of benzene rings is 2. The van der Waals surface area contributed by atoms with E-state index < -0.39 is 17.7 Å². The summed E-state index contributed by atoms with van der Waals surface area (Å²) < 4.78 is 7.72. The largest absolute Gasteiger partial charge is 0.507 e. The van der Waals surface area contributed by atoms with Gasteiger partial charge in [-0.3, -0.25) is 9.59 Å². The van der Waals surface area contributed by atoms with Crippen molar-refractivity contribution in [2.24, 2.45) is 7.05 Å². The zero-order chi connectivity index (χ0) is 24.0. The number of anilines is 1. The van der Waals surface area contributed by atoms with Crippen LogP contribution in [0.1, 0.15) is 36.9 Å². The van der Waals surface area contributed by atoms with Crippen molar-refractivity contribution in [1.29, 1.82) is 0 Å². The number of likely N-dealkylation sites (tertiary alicyclic amines) is 1. The minimum Gasteiger partial charge on any atom is -0.507 e. The van der Waals surface area contributed by atoms with Gasteiger partial charge in [0.05, 0.1) is 23.8 Å². The van der Waals surface area contributed by atoms with E-state index in [1.54, 1.807) is 17.0 Å². The Morgan fingerprint density at radius 3 is 2.74 bits per heavy atom. The van der Waals surface area contributed by atoms with Crippen LogP contribution in [0.4, 0.5) is 5.69 Å². The van der Waals surface area contributed by atoms with Gasteiger partial charge in [0.25, 0.3) is 11.7 Å². The Kier molecular flexibility index (Phi) is 5.55. The number of amides is 1. The van der Waals surface area contributed by atoms with Crippen LogP contribution >= 0.6 is 0 Å². The highest BCUT2D eigenvalue weighted by atomic mass is 16.5. The standard InChI is InChI=1S/C27H29N3O4/c1-4-5-12-30-24(19-16-29(3)20-9-7-6-8-18(19)20)23(26(32)27(30)33)25(31)17-10-11-22-21(15-17)28(2)13-14-34-22/h6-11,15-16,24,31H,4-5,12-14H2,1-3H3/b25-23+. The first-order chi connectivity index (χ1) is 16.4. The maximum atomic E-state index is 13.3. The molecule has 1 unspecified atom stereocenters. The molecule has 1 N–H and O–H groups in total. The van der Waals surface area contributed by atoms with Gasteiger partial charge in [-0.05, 0) is 30.7 Å². The Bertz CT molecular complexity index is 1320. The molecule has 0 bridgehead atoms. The monoisotopic (exact) mass is 459 g/mol. The topological polar surface area (TPSA) is 75.0 Å². The second kappa shape index (κ2) is 8.56. The lowest BCUT2D eigenvalue weighted by molar-refractivity contribution is -0.139. The van der Waals surface area contributed by atoms with Crippen molar-refractivity contribution >= 4 is 34.0 Å². The number of aliphatic hydroxyl groups is 1. The predicted octanol–water partition coefficient (Wildman–Crippen LogP) is 4.23. The molecule has 2 aromatic carbocycles. The molecular formula is C27H29N3O4. The molecule has 34 heavy (non-hydrogen) atoms. The van der Waals surface area contributed by atoms with Crippen LogP contribution in [0.25, 0.3) is 16.7 Å². The van der Waals surface area contributed by atoms with E-state index in [0.717, 1.165) is 47.3 Å². The molecule has 3 heterocycles. The fraction of sp³-hybridized carbons (Fsp3) is 0.333. The number of carbonyl (C=O) groups is 2. The van der Waals surface area contributed by atoms with Gasteiger partial charge in [-0.2, -0.15) is 0 Å². The number of hydrogen-bond acceptors (Lipinski definition) is 5. The smallest absolute Gasteiger partial charge is 0.295 e. The number of aliphatic hydroxyl groups excluding tert-OH is 1. The van der Waals surface area contributed by atoms with E-state index in [9.17, 15) is 14.7 Å². The van der Waals surface area contributed by atoms with Crippen molar-refractivity contribution in [3.05, 3.63) is 65.4 Å². The Balaban J connectivity index is 1.70. The lowest BCUT2D eigenvalue weighted by atomic mass is 9.94.